The number of hydrogen-bond acceptors (Lipinski definition) is 2. The van der Waals surface area contributed by atoms with Crippen LogP contribution in [0, 0.1) is 12.8 Å². The quantitative estimate of drug-likeness (QED) is 0.819. The van der Waals surface area contributed by atoms with Gasteiger partial charge >= 0.3 is 0 Å². The minimum atomic E-state index is 0.663. The van der Waals surface area contributed by atoms with Crippen LogP contribution in [0.15, 0.2) is 6.07 Å². The normalized spacial score (nSPS) is 26.1. The van der Waals surface area contributed by atoms with Gasteiger partial charge in [-0.15, -0.1) is 0 Å². The van der Waals surface area contributed by atoms with Crippen LogP contribution in [-0.2, 0) is 7.05 Å². The third kappa shape index (κ3) is 2.07. The minimum absolute atomic E-state index is 0.663. The van der Waals surface area contributed by atoms with E-state index in [1.165, 1.54) is 25.1 Å². The summed E-state index contributed by atoms with van der Waals surface area (Å²) in [5.74, 6) is 1.46. The zero-order chi connectivity index (χ0) is 10.8. The van der Waals surface area contributed by atoms with E-state index in [4.69, 9.17) is 0 Å². The van der Waals surface area contributed by atoms with Gasteiger partial charge in [-0.05, 0) is 31.9 Å². The first-order chi connectivity index (χ1) is 7.22. The molecule has 84 valence electrons. The van der Waals surface area contributed by atoms with Crippen molar-refractivity contribution in [2.75, 3.05) is 13.1 Å². The largest absolute Gasteiger partial charge is 0.316 e. The average Bonchev–Trinajstić information content (AvgIpc) is 2.73. The summed E-state index contributed by atoms with van der Waals surface area (Å²) in [5, 5.41) is 7.94. The fraction of sp³-hybridized carbons (Fsp3) is 0.750. The third-order valence-corrected chi connectivity index (χ3v) is 3.42. The second-order valence-electron chi connectivity index (χ2n) is 4.65. The van der Waals surface area contributed by atoms with Crippen LogP contribution < -0.4 is 5.32 Å². The van der Waals surface area contributed by atoms with Gasteiger partial charge in [0.2, 0.25) is 0 Å². The number of hydrogen-bond donors (Lipinski definition) is 1. The molecule has 0 amide bonds. The summed E-state index contributed by atoms with van der Waals surface area (Å²) >= 11 is 0. The van der Waals surface area contributed by atoms with Gasteiger partial charge in [-0.2, -0.15) is 5.10 Å². The van der Waals surface area contributed by atoms with Crippen molar-refractivity contribution in [3.8, 4) is 0 Å². The van der Waals surface area contributed by atoms with Gasteiger partial charge in [-0.25, -0.2) is 0 Å². The van der Waals surface area contributed by atoms with E-state index >= 15 is 0 Å². The van der Waals surface area contributed by atoms with E-state index in [1.807, 2.05) is 0 Å². The zero-order valence-electron chi connectivity index (χ0n) is 9.95. The average molecular weight is 207 g/mol. The van der Waals surface area contributed by atoms with Crippen molar-refractivity contribution in [1.29, 1.82) is 0 Å². The van der Waals surface area contributed by atoms with Gasteiger partial charge in [0, 0.05) is 25.2 Å². The van der Waals surface area contributed by atoms with E-state index in [0.717, 1.165) is 18.2 Å². The minimum Gasteiger partial charge on any atom is -0.316 e. The van der Waals surface area contributed by atoms with E-state index < -0.39 is 0 Å². The molecule has 3 heteroatoms. The van der Waals surface area contributed by atoms with E-state index in [-0.39, 0.29) is 0 Å². The molecular weight excluding hydrogens is 186 g/mol. The van der Waals surface area contributed by atoms with E-state index in [2.05, 4.69) is 42.1 Å². The predicted molar refractivity (Wildman–Crippen MR) is 62.0 cm³/mol. The molecule has 1 aromatic heterocycles. The van der Waals surface area contributed by atoms with Crippen LogP contribution in [0.3, 0.4) is 0 Å². The van der Waals surface area contributed by atoms with Gasteiger partial charge in [0.15, 0.2) is 0 Å². The van der Waals surface area contributed by atoms with Crippen molar-refractivity contribution in [2.24, 2.45) is 13.0 Å². The number of aryl methyl sites for hydroxylation is 2. The summed E-state index contributed by atoms with van der Waals surface area (Å²) < 4.78 is 2.05. The lowest BCUT2D eigenvalue weighted by molar-refractivity contribution is 0.453. The maximum absolute atomic E-state index is 4.44. The molecule has 0 unspecified atom stereocenters. The Hall–Kier alpha value is -0.830. The summed E-state index contributed by atoms with van der Waals surface area (Å²) in [5.41, 5.74) is 2.53. The molecule has 0 bridgehead atoms. The number of nitrogens with zero attached hydrogens (tertiary/aromatic N) is 2. The topological polar surface area (TPSA) is 29.9 Å². The molecule has 3 nitrogen and oxygen atoms in total. The first kappa shape index (κ1) is 10.7. The van der Waals surface area contributed by atoms with E-state index in [0.29, 0.717) is 5.92 Å². The molecule has 1 N–H and O–H groups in total. The van der Waals surface area contributed by atoms with Crippen molar-refractivity contribution in [2.45, 2.75) is 32.6 Å². The second kappa shape index (κ2) is 4.35. The summed E-state index contributed by atoms with van der Waals surface area (Å²) in [4.78, 5) is 0. The number of aromatic nitrogens is 2. The van der Waals surface area contributed by atoms with Crippen LogP contribution in [0.2, 0.25) is 0 Å². The van der Waals surface area contributed by atoms with Crippen molar-refractivity contribution < 1.29 is 0 Å². The molecule has 1 aliphatic heterocycles. The first-order valence-corrected chi connectivity index (χ1v) is 5.93. The zero-order valence-corrected chi connectivity index (χ0v) is 9.95. The summed E-state index contributed by atoms with van der Waals surface area (Å²) in [6.45, 7) is 6.62. The summed E-state index contributed by atoms with van der Waals surface area (Å²) in [6.07, 6.45) is 2.60. The molecule has 1 saturated heterocycles. The molecule has 0 aliphatic carbocycles. The predicted octanol–water partition coefficient (Wildman–Crippen LogP) is 1.83. The molecular formula is C12H21N3. The maximum atomic E-state index is 4.44. The van der Waals surface area contributed by atoms with Gasteiger partial charge in [0.1, 0.15) is 0 Å². The van der Waals surface area contributed by atoms with Crippen LogP contribution >= 0.6 is 0 Å². The van der Waals surface area contributed by atoms with Gasteiger partial charge in [-0.3, -0.25) is 4.68 Å². The van der Waals surface area contributed by atoms with Crippen molar-refractivity contribution in [3.05, 3.63) is 17.5 Å². The first-order valence-electron chi connectivity index (χ1n) is 5.93. The van der Waals surface area contributed by atoms with Crippen LogP contribution in [0.5, 0.6) is 0 Å². The Morgan fingerprint density at radius 3 is 2.93 bits per heavy atom. The highest BCUT2D eigenvalue weighted by Crippen LogP contribution is 2.31. The molecule has 0 aromatic carbocycles. The molecule has 1 aromatic rings. The number of rotatable bonds is 3. The highest BCUT2D eigenvalue weighted by atomic mass is 15.3. The molecule has 0 radical (unpaired) electrons. The van der Waals surface area contributed by atoms with Crippen molar-refractivity contribution >= 4 is 0 Å². The Bertz CT molecular complexity index is 330. The second-order valence-corrected chi connectivity index (χ2v) is 4.65. The monoisotopic (exact) mass is 207 g/mol. The van der Waals surface area contributed by atoms with Crippen LogP contribution in [0.4, 0.5) is 0 Å². The van der Waals surface area contributed by atoms with Crippen molar-refractivity contribution in [3.63, 3.8) is 0 Å². The Balaban J connectivity index is 2.18. The lowest BCUT2D eigenvalue weighted by Crippen LogP contribution is -2.14. The molecule has 1 fully saturated rings. The lowest BCUT2D eigenvalue weighted by atomic mass is 9.89. The third-order valence-electron chi connectivity index (χ3n) is 3.42. The molecule has 15 heavy (non-hydrogen) atoms. The molecule has 0 saturated carbocycles. The smallest absolute Gasteiger partial charge is 0.0596 e. The summed E-state index contributed by atoms with van der Waals surface area (Å²) in [7, 11) is 2.06. The highest BCUT2D eigenvalue weighted by Gasteiger charge is 2.29. The fourth-order valence-corrected chi connectivity index (χ4v) is 2.73. The van der Waals surface area contributed by atoms with Crippen molar-refractivity contribution in [1.82, 2.24) is 15.1 Å². The standard InChI is InChI=1S/C12H21N3/c1-4-5-10-7-13-8-11(10)12-6-9(2)14-15(12)3/h6,10-11,13H,4-5,7-8H2,1-3H3/t10-,11+/m0/s1. The SMILES string of the molecule is CCC[C@H]1CNC[C@H]1c1cc(C)nn1C. The molecule has 2 heterocycles. The lowest BCUT2D eigenvalue weighted by Gasteiger charge is -2.17. The van der Waals surface area contributed by atoms with Crippen LogP contribution in [0.1, 0.15) is 37.1 Å². The molecule has 2 rings (SSSR count). The van der Waals surface area contributed by atoms with Crippen LogP contribution in [-0.4, -0.2) is 22.9 Å². The van der Waals surface area contributed by atoms with Crippen LogP contribution in [0.25, 0.3) is 0 Å². The Kier molecular flexibility index (Phi) is 3.10. The van der Waals surface area contributed by atoms with Gasteiger partial charge in [0.25, 0.3) is 0 Å². The molecule has 1 aliphatic rings. The molecule has 2 atom stereocenters. The van der Waals surface area contributed by atoms with E-state index in [1.54, 1.807) is 0 Å². The maximum Gasteiger partial charge on any atom is 0.0596 e. The number of nitrogens with one attached hydrogen (secondary N) is 1. The Morgan fingerprint density at radius 1 is 1.53 bits per heavy atom. The molecule has 0 spiro atoms. The van der Waals surface area contributed by atoms with E-state index in [9.17, 15) is 0 Å². The van der Waals surface area contributed by atoms with Gasteiger partial charge in [-0.1, -0.05) is 13.3 Å². The van der Waals surface area contributed by atoms with Gasteiger partial charge in [0.05, 0.1) is 5.69 Å². The Labute approximate surface area is 91.9 Å². The fourth-order valence-electron chi connectivity index (χ4n) is 2.73. The highest BCUT2D eigenvalue weighted by molar-refractivity contribution is 5.17. The Morgan fingerprint density at radius 2 is 2.33 bits per heavy atom. The summed E-state index contributed by atoms with van der Waals surface area (Å²) in [6, 6.07) is 2.24. The van der Waals surface area contributed by atoms with Gasteiger partial charge < -0.3 is 5.32 Å².